The number of pyridine rings is 1. The summed E-state index contributed by atoms with van der Waals surface area (Å²) in [7, 11) is 0. The van der Waals surface area contributed by atoms with E-state index < -0.39 is 0 Å². The summed E-state index contributed by atoms with van der Waals surface area (Å²) in [6.45, 7) is 1.86. The van der Waals surface area contributed by atoms with Crippen LogP contribution in [0.3, 0.4) is 0 Å². The van der Waals surface area contributed by atoms with Gasteiger partial charge in [0.2, 0.25) is 0 Å². The van der Waals surface area contributed by atoms with Crippen LogP contribution in [0.5, 0.6) is 0 Å². The minimum atomic E-state index is -0.311. The number of carbonyl (C=O) groups is 1. The minimum Gasteiger partial charge on any atom is -0.321 e. The zero-order valence-corrected chi connectivity index (χ0v) is 16.9. The smallest absolute Gasteiger partial charge is 0.257 e. The first-order valence-corrected chi connectivity index (χ1v) is 10.1. The first kappa shape index (κ1) is 19.6. The van der Waals surface area contributed by atoms with Crippen molar-refractivity contribution in [2.45, 2.75) is 12.1 Å². The number of aromatic nitrogens is 4. The molecule has 1 amide bonds. The zero-order valence-electron chi connectivity index (χ0n) is 16.1. The van der Waals surface area contributed by atoms with E-state index in [1.165, 1.54) is 18.0 Å². The van der Waals surface area contributed by atoms with Gasteiger partial charge in [-0.3, -0.25) is 14.2 Å². The number of nitrogens with one attached hydrogen (secondary N) is 2. The fraction of sp³-hybridized carbons (Fsp3) is 0.0952. The molecule has 0 aliphatic carbocycles. The van der Waals surface area contributed by atoms with Crippen molar-refractivity contribution >= 4 is 34.8 Å². The quantitative estimate of drug-likeness (QED) is 0.285. The van der Waals surface area contributed by atoms with E-state index >= 15 is 0 Å². The first-order valence-electron chi connectivity index (χ1n) is 9.16. The van der Waals surface area contributed by atoms with Crippen LogP contribution < -0.4 is 11.0 Å². The molecule has 0 saturated heterocycles. The van der Waals surface area contributed by atoms with Crippen molar-refractivity contribution in [3.8, 4) is 5.69 Å². The van der Waals surface area contributed by atoms with E-state index in [1.807, 2.05) is 66.1 Å². The third kappa shape index (κ3) is 4.31. The molecule has 0 atom stereocenters. The van der Waals surface area contributed by atoms with E-state index in [-0.39, 0.29) is 17.2 Å². The number of hydrogen-bond acceptors (Lipinski definition) is 6. The molecule has 2 aromatic carbocycles. The van der Waals surface area contributed by atoms with Gasteiger partial charge in [-0.2, -0.15) is 5.10 Å². The normalized spacial score (nSPS) is 11.2. The Balaban J connectivity index is 1.40. The van der Waals surface area contributed by atoms with Crippen LogP contribution in [-0.4, -0.2) is 37.6 Å². The molecule has 2 aromatic heterocycles. The number of hydrazone groups is 1. The van der Waals surface area contributed by atoms with Crippen LogP contribution in [0, 0.1) is 6.92 Å². The molecule has 2 N–H and O–H groups in total. The van der Waals surface area contributed by atoms with Gasteiger partial charge < -0.3 is 4.98 Å². The van der Waals surface area contributed by atoms with Crippen LogP contribution in [0.2, 0.25) is 0 Å². The second kappa shape index (κ2) is 8.75. The summed E-state index contributed by atoms with van der Waals surface area (Å²) in [6, 6.07) is 18.9. The zero-order chi connectivity index (χ0) is 20.9. The van der Waals surface area contributed by atoms with Crippen molar-refractivity contribution < 1.29 is 4.79 Å². The van der Waals surface area contributed by atoms with Gasteiger partial charge in [0.05, 0.1) is 17.5 Å². The highest BCUT2D eigenvalue weighted by Crippen LogP contribution is 2.21. The third-order valence-corrected chi connectivity index (χ3v) is 5.25. The summed E-state index contributed by atoms with van der Waals surface area (Å²) in [5.74, 6) is 0.530. The lowest BCUT2D eigenvalue weighted by atomic mass is 10.2. The largest absolute Gasteiger partial charge is 0.321 e. The molecular formula is C21H18N6O2S. The molecule has 0 spiro atoms. The molecule has 150 valence electrons. The predicted molar refractivity (Wildman–Crippen MR) is 117 cm³/mol. The van der Waals surface area contributed by atoms with Crippen LogP contribution in [0.15, 0.2) is 75.7 Å². The molecule has 0 radical (unpaired) electrons. The fourth-order valence-corrected chi connectivity index (χ4v) is 3.70. The van der Waals surface area contributed by atoms with E-state index in [0.717, 1.165) is 22.4 Å². The molecule has 0 aliphatic rings. The second-order valence-electron chi connectivity index (χ2n) is 6.42. The molecule has 0 aliphatic heterocycles. The number of rotatable bonds is 6. The lowest BCUT2D eigenvalue weighted by Crippen LogP contribution is -2.21. The number of amides is 1. The van der Waals surface area contributed by atoms with E-state index in [4.69, 9.17) is 0 Å². The minimum absolute atomic E-state index is 0.108. The Hall–Kier alpha value is -3.72. The number of hydrogen-bond donors (Lipinski definition) is 2. The standard InChI is InChI=1S/C21H18N6O2S/c1-14-24-26-21(27(14)17-8-3-2-4-9-17)30-13-19(28)25-22-12-16-11-15-7-5-6-10-18(15)23-20(16)29/h2-12H,13H2,1H3,(H,23,29)(H,25,28)/b22-12-. The number of thioether (sulfide) groups is 1. The Morgan fingerprint density at radius 2 is 1.93 bits per heavy atom. The molecule has 8 nitrogen and oxygen atoms in total. The lowest BCUT2D eigenvalue weighted by molar-refractivity contribution is -0.118. The number of fused-ring (bicyclic) bond motifs is 1. The van der Waals surface area contributed by atoms with Crippen LogP contribution in [0.4, 0.5) is 0 Å². The van der Waals surface area contributed by atoms with Gasteiger partial charge in [0, 0.05) is 11.2 Å². The molecule has 0 fully saturated rings. The maximum absolute atomic E-state index is 12.2. The van der Waals surface area contributed by atoms with Gasteiger partial charge in [0.1, 0.15) is 5.82 Å². The fourth-order valence-electron chi connectivity index (χ4n) is 2.91. The third-order valence-electron chi connectivity index (χ3n) is 4.32. The molecule has 0 bridgehead atoms. The van der Waals surface area contributed by atoms with E-state index in [9.17, 15) is 9.59 Å². The average molecular weight is 418 g/mol. The summed E-state index contributed by atoms with van der Waals surface area (Å²) in [5.41, 5.74) is 4.21. The molecule has 9 heteroatoms. The van der Waals surface area contributed by atoms with Gasteiger partial charge in [-0.1, -0.05) is 48.2 Å². The molecule has 0 saturated carbocycles. The summed E-state index contributed by atoms with van der Waals surface area (Å²) in [4.78, 5) is 27.1. The van der Waals surface area contributed by atoms with Gasteiger partial charge in [0.25, 0.3) is 11.5 Å². The number of H-pyrrole nitrogens is 1. The predicted octanol–water partition coefficient (Wildman–Crippen LogP) is 2.66. The highest BCUT2D eigenvalue weighted by atomic mass is 32.2. The van der Waals surface area contributed by atoms with E-state index in [2.05, 4.69) is 25.7 Å². The number of aromatic amines is 1. The topological polar surface area (TPSA) is 105 Å². The molecule has 0 unspecified atom stereocenters. The average Bonchev–Trinajstić information content (AvgIpc) is 3.13. The number of benzene rings is 2. The van der Waals surface area contributed by atoms with Crippen molar-refractivity contribution in [2.24, 2.45) is 5.10 Å². The molecular weight excluding hydrogens is 400 g/mol. The Kier molecular flexibility index (Phi) is 5.71. The summed E-state index contributed by atoms with van der Waals surface area (Å²) >= 11 is 1.26. The van der Waals surface area contributed by atoms with E-state index in [0.29, 0.717) is 10.7 Å². The van der Waals surface area contributed by atoms with Crippen molar-refractivity contribution in [2.75, 3.05) is 5.75 Å². The Labute approximate surface area is 176 Å². The Morgan fingerprint density at radius 1 is 1.17 bits per heavy atom. The molecule has 4 rings (SSSR count). The van der Waals surface area contributed by atoms with Gasteiger partial charge in [-0.15, -0.1) is 10.2 Å². The first-order chi connectivity index (χ1) is 14.6. The highest BCUT2D eigenvalue weighted by Gasteiger charge is 2.13. The maximum atomic E-state index is 12.2. The van der Waals surface area contributed by atoms with Gasteiger partial charge >= 0.3 is 0 Å². The Morgan fingerprint density at radius 3 is 2.77 bits per heavy atom. The second-order valence-corrected chi connectivity index (χ2v) is 7.37. The summed E-state index contributed by atoms with van der Waals surface area (Å²) < 4.78 is 1.88. The SMILES string of the molecule is Cc1nnc(SCC(=O)N/N=C\c2cc3ccccc3[nH]c2=O)n1-c1ccccc1. The highest BCUT2D eigenvalue weighted by molar-refractivity contribution is 7.99. The van der Waals surface area contributed by atoms with Crippen molar-refractivity contribution in [3.05, 3.63) is 82.4 Å². The van der Waals surface area contributed by atoms with Crippen LogP contribution >= 0.6 is 11.8 Å². The van der Waals surface area contributed by atoms with E-state index in [1.54, 1.807) is 6.07 Å². The van der Waals surface area contributed by atoms with Gasteiger partial charge in [-0.25, -0.2) is 5.43 Å². The maximum Gasteiger partial charge on any atom is 0.257 e. The number of nitrogens with zero attached hydrogens (tertiary/aromatic N) is 4. The molecule has 2 heterocycles. The van der Waals surface area contributed by atoms with Crippen LogP contribution in [0.1, 0.15) is 11.4 Å². The lowest BCUT2D eigenvalue weighted by Gasteiger charge is -2.07. The number of aryl methyl sites for hydroxylation is 1. The van der Waals surface area contributed by atoms with Crippen LogP contribution in [-0.2, 0) is 4.79 Å². The molecule has 4 aromatic rings. The summed E-state index contributed by atoms with van der Waals surface area (Å²) in [6.07, 6.45) is 1.34. The van der Waals surface area contributed by atoms with Crippen molar-refractivity contribution in [3.63, 3.8) is 0 Å². The van der Waals surface area contributed by atoms with Crippen molar-refractivity contribution in [1.29, 1.82) is 0 Å². The summed E-state index contributed by atoms with van der Waals surface area (Å²) in [5, 5.41) is 13.7. The Bertz CT molecular complexity index is 1280. The monoisotopic (exact) mass is 418 g/mol. The van der Waals surface area contributed by atoms with Gasteiger partial charge in [-0.05, 0) is 36.6 Å². The molecule has 30 heavy (non-hydrogen) atoms. The number of carbonyl (C=O) groups excluding carboxylic acids is 1. The van der Waals surface area contributed by atoms with Crippen LogP contribution in [0.25, 0.3) is 16.6 Å². The van der Waals surface area contributed by atoms with Crippen molar-refractivity contribution in [1.82, 2.24) is 25.2 Å². The van der Waals surface area contributed by atoms with Gasteiger partial charge in [0.15, 0.2) is 5.16 Å². The number of para-hydroxylation sites is 2.